The van der Waals surface area contributed by atoms with Crippen molar-refractivity contribution in [2.45, 2.75) is 6.92 Å². The molecule has 0 fully saturated rings. The second-order valence-corrected chi connectivity index (χ2v) is 9.71. The van der Waals surface area contributed by atoms with Crippen LogP contribution in [-0.4, -0.2) is 40.3 Å². The lowest BCUT2D eigenvalue weighted by atomic mass is 10.2. The molecular weight excluding hydrogens is 525 g/mol. The minimum atomic E-state index is -0.403. The second-order valence-electron chi connectivity index (χ2n) is 7.51. The molecule has 0 radical (unpaired) electrons. The summed E-state index contributed by atoms with van der Waals surface area (Å²) in [4.78, 5) is 18.5. The van der Waals surface area contributed by atoms with Crippen LogP contribution in [0.5, 0.6) is 0 Å². The number of anilines is 4. The highest BCUT2D eigenvalue weighted by Gasteiger charge is 2.14. The quantitative estimate of drug-likeness (QED) is 0.208. The molecule has 6 rings (SSSR count). The van der Waals surface area contributed by atoms with Crippen molar-refractivity contribution in [3.63, 3.8) is 0 Å². The van der Waals surface area contributed by atoms with Crippen molar-refractivity contribution in [2.75, 3.05) is 10.6 Å². The third-order valence-electron chi connectivity index (χ3n) is 4.95. The molecule has 0 aliphatic rings. The molecule has 0 saturated heterocycles. The minimum Gasteiger partial charge on any atom is -0.316 e. The van der Waals surface area contributed by atoms with Gasteiger partial charge in [0.2, 0.25) is 0 Å². The molecule has 11 nitrogen and oxygen atoms in total. The van der Waals surface area contributed by atoms with E-state index in [9.17, 15) is 4.39 Å². The molecule has 0 amide bonds. The first-order chi connectivity index (χ1) is 18.6. The predicted molar refractivity (Wildman–Crippen MR) is 144 cm³/mol. The average molecular weight is 544 g/mol. The van der Waals surface area contributed by atoms with E-state index >= 15 is 0 Å². The highest BCUT2D eigenvalue weighted by molar-refractivity contribution is 7.16. The van der Waals surface area contributed by atoms with E-state index in [0.29, 0.717) is 26.7 Å². The number of nitriles is 1. The van der Waals surface area contributed by atoms with Crippen molar-refractivity contribution in [1.82, 2.24) is 40.3 Å². The Labute approximate surface area is 223 Å². The zero-order valence-corrected chi connectivity index (χ0v) is 21.3. The van der Waals surface area contributed by atoms with Crippen LogP contribution in [0.4, 0.5) is 26.3 Å². The largest absolute Gasteiger partial charge is 0.316 e. The van der Waals surface area contributed by atoms with Crippen molar-refractivity contribution in [1.29, 1.82) is 5.26 Å². The maximum Gasteiger partial charge on any atom is 0.190 e. The summed E-state index contributed by atoms with van der Waals surface area (Å²) in [5.74, 6) is 0.467. The number of thiazole rings is 2. The van der Waals surface area contributed by atoms with E-state index in [1.165, 1.54) is 34.9 Å². The van der Waals surface area contributed by atoms with Crippen LogP contribution in [0.15, 0.2) is 67.5 Å². The first kappa shape index (κ1) is 24.7. The molecule has 0 unspecified atom stereocenters. The van der Waals surface area contributed by atoms with Gasteiger partial charge in [-0.2, -0.15) is 15.5 Å². The summed E-state index contributed by atoms with van der Waals surface area (Å²) in [5, 5.41) is 29.6. The summed E-state index contributed by atoms with van der Waals surface area (Å²) in [6.45, 7) is 1.96. The van der Waals surface area contributed by atoms with Gasteiger partial charge in [-0.1, -0.05) is 17.4 Å². The number of aromatic amines is 2. The van der Waals surface area contributed by atoms with Crippen LogP contribution >= 0.6 is 22.7 Å². The number of pyridine rings is 2. The van der Waals surface area contributed by atoms with Gasteiger partial charge < -0.3 is 10.6 Å². The Morgan fingerprint density at radius 3 is 2.24 bits per heavy atom. The summed E-state index contributed by atoms with van der Waals surface area (Å²) >= 11 is 2.73. The third-order valence-corrected chi connectivity index (χ3v) is 6.71. The zero-order valence-electron chi connectivity index (χ0n) is 19.7. The number of rotatable bonds is 6. The summed E-state index contributed by atoms with van der Waals surface area (Å²) in [7, 11) is 0. The summed E-state index contributed by atoms with van der Waals surface area (Å²) < 4.78 is 13.5. The third kappa shape index (κ3) is 5.69. The van der Waals surface area contributed by atoms with Gasteiger partial charge in [0.25, 0.3) is 0 Å². The number of H-pyrrole nitrogens is 2. The van der Waals surface area contributed by atoms with Crippen molar-refractivity contribution in [3.05, 3.63) is 83.1 Å². The minimum absolute atomic E-state index is 0.176. The maximum absolute atomic E-state index is 13.5. The van der Waals surface area contributed by atoms with E-state index in [2.05, 4.69) is 57.0 Å². The average Bonchev–Trinajstić information content (AvgIpc) is 3.74. The molecular formula is C24H18FN11S2. The first-order valence-electron chi connectivity index (χ1n) is 11.0. The van der Waals surface area contributed by atoms with E-state index in [1.54, 1.807) is 37.1 Å². The summed E-state index contributed by atoms with van der Waals surface area (Å²) in [6, 6.07) is 10.6. The number of hydrogen-bond acceptors (Lipinski definition) is 11. The number of nitrogens with zero attached hydrogens (tertiary/aromatic N) is 7. The Hall–Kier alpha value is -5.00. The molecule has 6 aromatic heterocycles. The van der Waals surface area contributed by atoms with Gasteiger partial charge in [-0.05, 0) is 31.2 Å². The smallest absolute Gasteiger partial charge is 0.190 e. The van der Waals surface area contributed by atoms with E-state index in [0.717, 1.165) is 21.7 Å². The van der Waals surface area contributed by atoms with Crippen LogP contribution in [-0.2, 0) is 0 Å². The Morgan fingerprint density at radius 1 is 0.868 bits per heavy atom. The van der Waals surface area contributed by atoms with E-state index in [-0.39, 0.29) is 5.82 Å². The fourth-order valence-corrected chi connectivity index (χ4v) is 4.88. The summed E-state index contributed by atoms with van der Waals surface area (Å²) in [6.07, 6.45) is 10.0. The van der Waals surface area contributed by atoms with Gasteiger partial charge in [0.1, 0.15) is 22.5 Å². The highest BCUT2D eigenvalue weighted by Crippen LogP contribution is 2.32. The molecule has 0 saturated carbocycles. The maximum atomic E-state index is 13.5. The Morgan fingerprint density at radius 2 is 1.58 bits per heavy atom. The highest BCUT2D eigenvalue weighted by atomic mass is 32.1. The molecule has 6 heterocycles. The van der Waals surface area contributed by atoms with Crippen molar-refractivity contribution in [3.8, 4) is 28.6 Å². The molecule has 188 valence electrons. The van der Waals surface area contributed by atoms with E-state index in [4.69, 9.17) is 5.26 Å². The van der Waals surface area contributed by atoms with Crippen LogP contribution in [0.25, 0.3) is 22.5 Å². The fourth-order valence-electron chi connectivity index (χ4n) is 3.25. The normalized spacial score (nSPS) is 10.3. The van der Waals surface area contributed by atoms with E-state index in [1.807, 2.05) is 25.1 Å². The van der Waals surface area contributed by atoms with Gasteiger partial charge in [0.05, 0.1) is 18.1 Å². The molecule has 0 bridgehead atoms. The van der Waals surface area contributed by atoms with Crippen LogP contribution in [0.3, 0.4) is 0 Å². The van der Waals surface area contributed by atoms with Crippen LogP contribution in [0, 0.1) is 24.1 Å². The van der Waals surface area contributed by atoms with Crippen molar-refractivity contribution >= 4 is 44.6 Å². The number of nitrogens with one attached hydrogen (secondary N) is 4. The molecule has 0 aliphatic carbocycles. The van der Waals surface area contributed by atoms with Crippen LogP contribution in [0.2, 0.25) is 0 Å². The SMILES string of the molecule is Cc1sc(Nc2ncccc2F)nc1-c1cn[nH]c1.N#Cc1sc(Nc2ccccn2)nc1-c1cn[nH]c1. The topological polar surface area (TPSA) is 157 Å². The monoisotopic (exact) mass is 543 g/mol. The van der Waals surface area contributed by atoms with E-state index < -0.39 is 5.82 Å². The van der Waals surface area contributed by atoms with Gasteiger partial charge in [-0.3, -0.25) is 10.2 Å². The van der Waals surface area contributed by atoms with Gasteiger partial charge in [0, 0.05) is 40.8 Å². The first-order valence-corrected chi connectivity index (χ1v) is 12.7. The molecule has 6 aromatic rings. The Bertz CT molecular complexity index is 1650. The van der Waals surface area contributed by atoms with Crippen molar-refractivity contribution in [2.24, 2.45) is 0 Å². The lowest BCUT2D eigenvalue weighted by molar-refractivity contribution is 0.626. The van der Waals surface area contributed by atoms with Gasteiger partial charge in [-0.15, -0.1) is 11.3 Å². The number of halogens is 1. The number of aromatic nitrogens is 8. The van der Waals surface area contributed by atoms with Gasteiger partial charge in [0.15, 0.2) is 21.9 Å². The molecule has 0 aromatic carbocycles. The fraction of sp³-hybridized carbons (Fsp3) is 0.0417. The zero-order chi connectivity index (χ0) is 26.3. The van der Waals surface area contributed by atoms with Gasteiger partial charge >= 0.3 is 0 Å². The Kier molecular flexibility index (Phi) is 7.39. The lowest BCUT2D eigenvalue weighted by Crippen LogP contribution is -1.95. The molecule has 0 spiro atoms. The molecule has 0 aliphatic heterocycles. The second kappa shape index (κ2) is 11.4. The predicted octanol–water partition coefficient (Wildman–Crippen LogP) is 5.66. The summed E-state index contributed by atoms with van der Waals surface area (Å²) in [5.41, 5.74) is 3.16. The number of aryl methyl sites for hydroxylation is 1. The molecule has 4 N–H and O–H groups in total. The molecule has 0 atom stereocenters. The van der Waals surface area contributed by atoms with Crippen LogP contribution < -0.4 is 10.6 Å². The standard InChI is InChI=1S/C12H10FN5S.C12H8N6S/c1-7-10(8-5-15-16-6-8)17-12(19-7)18-11-9(13)3-2-4-14-11;13-5-9-11(8-6-15-16-7-8)18-12(19-9)17-10-3-1-2-4-14-10/h2-6H,1H3,(H,15,16)(H,14,17,18);1-4,6-7H,(H,15,16)(H,14,17,18). The molecule has 14 heteroatoms. The van der Waals surface area contributed by atoms with Gasteiger partial charge in [-0.25, -0.2) is 24.3 Å². The molecule has 38 heavy (non-hydrogen) atoms. The number of hydrogen-bond donors (Lipinski definition) is 4. The van der Waals surface area contributed by atoms with Crippen LogP contribution in [0.1, 0.15) is 9.75 Å². The van der Waals surface area contributed by atoms with Crippen molar-refractivity contribution < 1.29 is 4.39 Å². The Balaban J connectivity index is 0.000000155. The lowest BCUT2D eigenvalue weighted by Gasteiger charge is -2.01.